The number of benzene rings is 1. The second-order valence-corrected chi connectivity index (χ2v) is 7.28. The Morgan fingerprint density at radius 1 is 1.24 bits per heavy atom. The zero-order chi connectivity index (χ0) is 14.9. The molecule has 1 atom stereocenters. The van der Waals surface area contributed by atoms with Crippen LogP contribution >= 0.6 is 11.8 Å². The lowest BCUT2D eigenvalue weighted by Gasteiger charge is -2.47. The highest BCUT2D eigenvalue weighted by Gasteiger charge is 2.40. The van der Waals surface area contributed by atoms with Gasteiger partial charge in [0.25, 0.3) is 0 Å². The van der Waals surface area contributed by atoms with Crippen molar-refractivity contribution < 1.29 is 13.5 Å². The van der Waals surface area contributed by atoms with Crippen LogP contribution in [0.5, 0.6) is 5.75 Å². The zero-order valence-corrected chi connectivity index (χ0v) is 13.1. The molecule has 0 aliphatic carbocycles. The van der Waals surface area contributed by atoms with Crippen molar-refractivity contribution in [2.45, 2.75) is 25.9 Å². The Balaban J connectivity index is 1.47. The van der Waals surface area contributed by atoms with E-state index in [0.717, 1.165) is 31.8 Å². The maximum atomic E-state index is 13.2. The zero-order valence-electron chi connectivity index (χ0n) is 12.3. The summed E-state index contributed by atoms with van der Waals surface area (Å²) in [6, 6.07) is 3.70. The number of nitrogens with zero attached hydrogens (tertiary/aromatic N) is 1. The quantitative estimate of drug-likeness (QED) is 0.843. The third-order valence-corrected chi connectivity index (χ3v) is 6.11. The number of likely N-dealkylation sites (tertiary alicyclic amines) is 1. The molecular formula is C16H21F2NOS. The predicted molar refractivity (Wildman–Crippen MR) is 81.9 cm³/mol. The summed E-state index contributed by atoms with van der Waals surface area (Å²) in [5.74, 6) is 1.34. The summed E-state index contributed by atoms with van der Waals surface area (Å²) in [4.78, 5) is 2.42. The largest absolute Gasteiger partial charge is 0.489 e. The van der Waals surface area contributed by atoms with Gasteiger partial charge in [-0.25, -0.2) is 8.78 Å². The molecule has 2 fully saturated rings. The number of thioether (sulfide) groups is 1. The van der Waals surface area contributed by atoms with Gasteiger partial charge < -0.3 is 4.74 Å². The molecule has 3 rings (SSSR count). The molecule has 2 aliphatic rings. The molecule has 0 bridgehead atoms. The van der Waals surface area contributed by atoms with Gasteiger partial charge >= 0.3 is 0 Å². The first-order chi connectivity index (χ1) is 10.1. The standard InChI is InChI=1S/C16H21F2NOS/c1-12(20-13-2-3-14(17)15(18)8-13)9-19-6-4-16(5-7-19)10-21-11-16/h2-3,8,12H,4-7,9-11H2,1H3. The van der Waals surface area contributed by atoms with Crippen LogP contribution in [0.15, 0.2) is 18.2 Å². The maximum Gasteiger partial charge on any atom is 0.162 e. The van der Waals surface area contributed by atoms with Gasteiger partial charge in [-0.05, 0) is 61.9 Å². The van der Waals surface area contributed by atoms with E-state index in [0.29, 0.717) is 11.2 Å². The Morgan fingerprint density at radius 2 is 1.95 bits per heavy atom. The molecule has 0 N–H and O–H groups in total. The average molecular weight is 313 g/mol. The molecule has 2 saturated heterocycles. The van der Waals surface area contributed by atoms with E-state index < -0.39 is 11.6 Å². The van der Waals surface area contributed by atoms with Gasteiger partial charge in [-0.3, -0.25) is 4.90 Å². The molecule has 1 aromatic rings. The Labute approximate surface area is 128 Å². The summed E-state index contributed by atoms with van der Waals surface area (Å²) >= 11 is 2.05. The van der Waals surface area contributed by atoms with Gasteiger partial charge in [-0.1, -0.05) is 0 Å². The van der Waals surface area contributed by atoms with Gasteiger partial charge in [-0.2, -0.15) is 11.8 Å². The van der Waals surface area contributed by atoms with Crippen LogP contribution in [0.2, 0.25) is 0 Å². The number of rotatable bonds is 4. The first-order valence-electron chi connectivity index (χ1n) is 7.48. The first-order valence-corrected chi connectivity index (χ1v) is 8.64. The van der Waals surface area contributed by atoms with Crippen molar-refractivity contribution in [3.63, 3.8) is 0 Å². The van der Waals surface area contributed by atoms with Crippen molar-refractivity contribution in [3.05, 3.63) is 29.8 Å². The fourth-order valence-electron chi connectivity index (χ4n) is 3.07. The van der Waals surface area contributed by atoms with E-state index in [1.54, 1.807) is 0 Å². The van der Waals surface area contributed by atoms with E-state index in [9.17, 15) is 8.78 Å². The Morgan fingerprint density at radius 3 is 2.52 bits per heavy atom. The second kappa shape index (κ2) is 6.13. The van der Waals surface area contributed by atoms with Crippen molar-refractivity contribution in [3.8, 4) is 5.75 Å². The van der Waals surface area contributed by atoms with Crippen LogP contribution in [0.25, 0.3) is 0 Å². The molecule has 0 amide bonds. The van der Waals surface area contributed by atoms with Crippen LogP contribution in [0.3, 0.4) is 0 Å². The Bertz CT molecular complexity index is 497. The minimum atomic E-state index is -0.859. The summed E-state index contributed by atoms with van der Waals surface area (Å²) < 4.78 is 31.7. The summed E-state index contributed by atoms with van der Waals surface area (Å²) in [6.07, 6.45) is 2.52. The fraction of sp³-hybridized carbons (Fsp3) is 0.625. The van der Waals surface area contributed by atoms with E-state index >= 15 is 0 Å². The second-order valence-electron chi connectivity index (χ2n) is 6.30. The highest BCUT2D eigenvalue weighted by molar-refractivity contribution is 8.00. The molecular weight excluding hydrogens is 292 g/mol. The molecule has 0 aromatic heterocycles. The molecule has 21 heavy (non-hydrogen) atoms. The summed E-state index contributed by atoms with van der Waals surface area (Å²) in [5, 5.41) is 0. The molecule has 0 radical (unpaired) electrons. The molecule has 5 heteroatoms. The summed E-state index contributed by atoms with van der Waals surface area (Å²) in [6.45, 7) is 5.05. The highest BCUT2D eigenvalue weighted by Crippen LogP contribution is 2.45. The Kier molecular flexibility index (Phi) is 4.41. The summed E-state index contributed by atoms with van der Waals surface area (Å²) in [5.41, 5.74) is 0.616. The van der Waals surface area contributed by atoms with Gasteiger partial charge in [0.15, 0.2) is 11.6 Å². The number of halogens is 2. The van der Waals surface area contributed by atoms with Crippen LogP contribution in [-0.2, 0) is 0 Å². The Hall–Kier alpha value is -0.810. The van der Waals surface area contributed by atoms with Crippen LogP contribution in [0, 0.1) is 17.0 Å². The lowest BCUT2D eigenvalue weighted by Crippen LogP contribution is -2.48. The molecule has 1 unspecified atom stereocenters. The number of piperidine rings is 1. The van der Waals surface area contributed by atoms with Gasteiger partial charge in [0.2, 0.25) is 0 Å². The van der Waals surface area contributed by atoms with E-state index in [1.165, 1.54) is 30.4 Å². The van der Waals surface area contributed by atoms with E-state index in [2.05, 4.69) is 16.7 Å². The third kappa shape index (κ3) is 3.51. The van der Waals surface area contributed by atoms with Gasteiger partial charge in [0, 0.05) is 12.6 Å². The number of hydrogen-bond acceptors (Lipinski definition) is 3. The summed E-state index contributed by atoms with van der Waals surface area (Å²) in [7, 11) is 0. The molecule has 2 nitrogen and oxygen atoms in total. The van der Waals surface area contributed by atoms with E-state index in [-0.39, 0.29) is 6.10 Å². The van der Waals surface area contributed by atoms with Crippen LogP contribution in [-0.4, -0.2) is 42.1 Å². The normalized spacial score (nSPS) is 22.8. The lowest BCUT2D eigenvalue weighted by atomic mass is 9.81. The molecule has 116 valence electrons. The fourth-order valence-corrected chi connectivity index (χ4v) is 4.43. The van der Waals surface area contributed by atoms with Crippen molar-refractivity contribution in [2.24, 2.45) is 5.41 Å². The monoisotopic (exact) mass is 313 g/mol. The lowest BCUT2D eigenvalue weighted by molar-refractivity contribution is 0.0878. The first kappa shape index (κ1) is 15.1. The molecule has 1 spiro atoms. The van der Waals surface area contributed by atoms with E-state index in [4.69, 9.17) is 4.74 Å². The predicted octanol–water partition coefficient (Wildman–Crippen LogP) is 3.56. The van der Waals surface area contributed by atoms with Crippen LogP contribution < -0.4 is 4.74 Å². The molecule has 0 saturated carbocycles. The van der Waals surface area contributed by atoms with Gasteiger partial charge in [0.1, 0.15) is 11.9 Å². The third-order valence-electron chi connectivity index (χ3n) is 4.48. The maximum absolute atomic E-state index is 13.2. The molecule has 1 aromatic carbocycles. The number of hydrogen-bond donors (Lipinski definition) is 0. The van der Waals surface area contributed by atoms with Gasteiger partial charge in [0.05, 0.1) is 0 Å². The SMILES string of the molecule is CC(CN1CCC2(CC1)CSC2)Oc1ccc(F)c(F)c1. The van der Waals surface area contributed by atoms with Crippen LogP contribution in [0.1, 0.15) is 19.8 Å². The van der Waals surface area contributed by atoms with Crippen molar-refractivity contribution in [2.75, 3.05) is 31.1 Å². The van der Waals surface area contributed by atoms with E-state index in [1.807, 2.05) is 6.92 Å². The number of ether oxygens (including phenoxy) is 1. The topological polar surface area (TPSA) is 12.5 Å². The highest BCUT2D eigenvalue weighted by atomic mass is 32.2. The van der Waals surface area contributed by atoms with Gasteiger partial charge in [-0.15, -0.1) is 0 Å². The minimum Gasteiger partial charge on any atom is -0.489 e. The molecule has 2 heterocycles. The average Bonchev–Trinajstić information content (AvgIpc) is 2.42. The molecule has 2 aliphatic heterocycles. The van der Waals surface area contributed by atoms with Crippen molar-refractivity contribution in [1.29, 1.82) is 0 Å². The van der Waals surface area contributed by atoms with Crippen molar-refractivity contribution >= 4 is 11.8 Å². The van der Waals surface area contributed by atoms with Crippen molar-refractivity contribution in [1.82, 2.24) is 4.90 Å². The van der Waals surface area contributed by atoms with Crippen LogP contribution in [0.4, 0.5) is 8.78 Å². The minimum absolute atomic E-state index is 0.0281. The smallest absolute Gasteiger partial charge is 0.162 e.